The van der Waals surface area contributed by atoms with Gasteiger partial charge in [-0.15, -0.1) is 23.1 Å². The molecular formula is C21H19FN2OS2. The number of hydrogen-bond acceptors (Lipinski definition) is 4. The molecule has 0 saturated heterocycles. The molecule has 6 heteroatoms. The number of carbonyl (C=O) groups is 1. The van der Waals surface area contributed by atoms with Crippen molar-refractivity contribution in [2.75, 3.05) is 11.4 Å². The lowest BCUT2D eigenvalue weighted by molar-refractivity contribution is -0.118. The van der Waals surface area contributed by atoms with Crippen LogP contribution in [-0.4, -0.2) is 22.7 Å². The van der Waals surface area contributed by atoms with Gasteiger partial charge >= 0.3 is 0 Å². The molecule has 4 rings (SSSR count). The maximum absolute atomic E-state index is 13.1. The van der Waals surface area contributed by atoms with E-state index in [0.717, 1.165) is 39.8 Å². The highest BCUT2D eigenvalue weighted by Crippen LogP contribution is 2.37. The molecule has 0 spiro atoms. The smallest absolute Gasteiger partial charge is 0.233 e. The summed E-state index contributed by atoms with van der Waals surface area (Å²) < 4.78 is 13.1. The van der Waals surface area contributed by atoms with Crippen LogP contribution >= 0.6 is 23.1 Å². The summed E-state index contributed by atoms with van der Waals surface area (Å²) in [4.78, 5) is 20.6. The van der Waals surface area contributed by atoms with Gasteiger partial charge in [-0.05, 0) is 42.8 Å². The molecule has 138 valence electrons. The summed E-state index contributed by atoms with van der Waals surface area (Å²) in [7, 11) is 0. The summed E-state index contributed by atoms with van der Waals surface area (Å²) in [5, 5.41) is 3.20. The van der Waals surface area contributed by atoms with Gasteiger partial charge in [0.2, 0.25) is 5.91 Å². The van der Waals surface area contributed by atoms with Crippen molar-refractivity contribution in [1.29, 1.82) is 0 Å². The highest BCUT2D eigenvalue weighted by molar-refractivity contribution is 8.00. The van der Waals surface area contributed by atoms with Crippen LogP contribution in [0.15, 0.2) is 58.8 Å². The Hall–Kier alpha value is -2.18. The second-order valence-electron chi connectivity index (χ2n) is 6.56. The van der Waals surface area contributed by atoms with E-state index in [1.807, 2.05) is 40.2 Å². The van der Waals surface area contributed by atoms with Crippen LogP contribution in [-0.2, 0) is 11.2 Å². The first kappa shape index (κ1) is 18.2. The number of halogens is 1. The number of amides is 1. The Balaban J connectivity index is 1.53. The van der Waals surface area contributed by atoms with Gasteiger partial charge in [0.1, 0.15) is 10.8 Å². The van der Waals surface area contributed by atoms with Crippen LogP contribution in [0.3, 0.4) is 0 Å². The fourth-order valence-corrected chi connectivity index (χ4v) is 5.05. The molecule has 1 aromatic heterocycles. The van der Waals surface area contributed by atoms with Crippen molar-refractivity contribution in [2.45, 2.75) is 29.9 Å². The topological polar surface area (TPSA) is 33.2 Å². The van der Waals surface area contributed by atoms with Gasteiger partial charge in [0.15, 0.2) is 0 Å². The second kappa shape index (κ2) is 7.82. The maximum atomic E-state index is 13.1. The van der Waals surface area contributed by atoms with Gasteiger partial charge in [-0.1, -0.05) is 19.1 Å². The predicted octanol–water partition coefficient (Wildman–Crippen LogP) is 5.41. The Labute approximate surface area is 166 Å². The molecular weight excluding hydrogens is 379 g/mol. The minimum absolute atomic E-state index is 0.0631. The molecule has 1 unspecified atom stereocenters. The van der Waals surface area contributed by atoms with Crippen LogP contribution in [0.1, 0.15) is 19.0 Å². The van der Waals surface area contributed by atoms with E-state index in [0.29, 0.717) is 5.25 Å². The highest BCUT2D eigenvalue weighted by Gasteiger charge is 2.24. The summed E-state index contributed by atoms with van der Waals surface area (Å²) in [5.41, 5.74) is 2.61. The number of rotatable bonds is 3. The Morgan fingerprint density at radius 1 is 1.22 bits per heavy atom. The Morgan fingerprint density at radius 2 is 2.00 bits per heavy atom. The molecule has 27 heavy (non-hydrogen) atoms. The molecule has 1 atom stereocenters. The molecule has 1 amide bonds. The molecule has 2 heterocycles. The van der Waals surface area contributed by atoms with E-state index in [4.69, 9.17) is 0 Å². The number of hydrogen-bond donors (Lipinski definition) is 0. The standard InChI is InChI=1S/C21H19FN2OS2/c1-14-10-11-24(18-4-2-3-5-19(18)27-14)20(25)12-17-13-26-21(23-17)15-6-8-16(22)9-7-15/h2-9,13-14H,10-12H2,1H3. The molecule has 3 nitrogen and oxygen atoms in total. The number of benzene rings is 2. The SMILES string of the molecule is CC1CCN(C(=O)Cc2csc(-c3ccc(F)cc3)n2)c2ccccc2S1. The second-order valence-corrected chi connectivity index (χ2v) is 8.90. The van der Waals surface area contributed by atoms with Crippen LogP contribution in [0.25, 0.3) is 10.6 Å². The van der Waals surface area contributed by atoms with Crippen molar-refractivity contribution in [3.8, 4) is 10.6 Å². The number of para-hydroxylation sites is 1. The van der Waals surface area contributed by atoms with Gasteiger partial charge in [0, 0.05) is 27.6 Å². The number of thioether (sulfide) groups is 1. The number of thiazole rings is 1. The highest BCUT2D eigenvalue weighted by atomic mass is 32.2. The van der Waals surface area contributed by atoms with E-state index in [1.165, 1.54) is 23.5 Å². The van der Waals surface area contributed by atoms with Crippen LogP contribution in [0.2, 0.25) is 0 Å². The predicted molar refractivity (Wildman–Crippen MR) is 110 cm³/mol. The molecule has 1 aliphatic rings. The number of anilines is 1. The van der Waals surface area contributed by atoms with Crippen LogP contribution in [0.4, 0.5) is 10.1 Å². The average Bonchev–Trinajstić information content (AvgIpc) is 3.04. The van der Waals surface area contributed by atoms with E-state index < -0.39 is 0 Å². The summed E-state index contributed by atoms with van der Waals surface area (Å²) in [6.45, 7) is 2.92. The first-order valence-electron chi connectivity index (χ1n) is 8.86. The average molecular weight is 399 g/mol. The number of carbonyl (C=O) groups excluding carboxylic acids is 1. The van der Waals surface area contributed by atoms with Crippen molar-refractivity contribution in [2.24, 2.45) is 0 Å². The summed E-state index contributed by atoms with van der Waals surface area (Å²) >= 11 is 3.30. The van der Waals surface area contributed by atoms with Crippen LogP contribution in [0, 0.1) is 5.82 Å². The van der Waals surface area contributed by atoms with Gasteiger partial charge in [-0.3, -0.25) is 4.79 Å². The molecule has 0 fully saturated rings. The fraction of sp³-hybridized carbons (Fsp3) is 0.238. The first-order valence-corrected chi connectivity index (χ1v) is 10.6. The maximum Gasteiger partial charge on any atom is 0.233 e. The largest absolute Gasteiger partial charge is 0.311 e. The Morgan fingerprint density at radius 3 is 2.81 bits per heavy atom. The minimum atomic E-state index is -0.266. The van der Waals surface area contributed by atoms with Crippen molar-refractivity contribution >= 4 is 34.7 Å². The lowest BCUT2D eigenvalue weighted by Gasteiger charge is -2.22. The molecule has 0 saturated carbocycles. The summed E-state index contributed by atoms with van der Waals surface area (Å²) in [6, 6.07) is 14.4. The van der Waals surface area contributed by atoms with Gasteiger partial charge < -0.3 is 4.90 Å². The summed E-state index contributed by atoms with van der Waals surface area (Å²) in [5.74, 6) is -0.203. The van der Waals surface area contributed by atoms with Crippen molar-refractivity contribution < 1.29 is 9.18 Å². The van der Waals surface area contributed by atoms with E-state index in [2.05, 4.69) is 18.0 Å². The van der Waals surface area contributed by atoms with Crippen molar-refractivity contribution in [3.05, 3.63) is 65.4 Å². The molecule has 0 N–H and O–H groups in total. The fourth-order valence-electron chi connectivity index (χ4n) is 3.11. The lowest BCUT2D eigenvalue weighted by Crippen LogP contribution is -2.33. The Bertz CT molecular complexity index is 955. The van der Waals surface area contributed by atoms with E-state index >= 15 is 0 Å². The number of fused-ring (bicyclic) bond motifs is 1. The molecule has 0 aliphatic carbocycles. The lowest BCUT2D eigenvalue weighted by atomic mass is 10.2. The van der Waals surface area contributed by atoms with Crippen LogP contribution in [0.5, 0.6) is 0 Å². The van der Waals surface area contributed by atoms with E-state index in [-0.39, 0.29) is 18.1 Å². The zero-order chi connectivity index (χ0) is 18.8. The third-order valence-corrected chi connectivity index (χ3v) is 6.70. The molecule has 0 radical (unpaired) electrons. The normalized spacial score (nSPS) is 16.7. The first-order chi connectivity index (χ1) is 13.1. The molecule has 2 aromatic carbocycles. The van der Waals surface area contributed by atoms with Crippen molar-refractivity contribution in [1.82, 2.24) is 4.98 Å². The van der Waals surface area contributed by atoms with E-state index in [1.54, 1.807) is 12.1 Å². The van der Waals surface area contributed by atoms with Gasteiger partial charge in [0.05, 0.1) is 17.8 Å². The minimum Gasteiger partial charge on any atom is -0.311 e. The molecule has 1 aliphatic heterocycles. The number of nitrogens with zero attached hydrogens (tertiary/aromatic N) is 2. The van der Waals surface area contributed by atoms with E-state index in [9.17, 15) is 9.18 Å². The third kappa shape index (κ3) is 4.06. The Kier molecular flexibility index (Phi) is 5.27. The van der Waals surface area contributed by atoms with Gasteiger partial charge in [-0.25, -0.2) is 9.37 Å². The van der Waals surface area contributed by atoms with Crippen LogP contribution < -0.4 is 4.90 Å². The van der Waals surface area contributed by atoms with Gasteiger partial charge in [-0.2, -0.15) is 0 Å². The quantitative estimate of drug-likeness (QED) is 0.591. The zero-order valence-electron chi connectivity index (χ0n) is 14.9. The third-order valence-electron chi connectivity index (χ3n) is 4.52. The monoisotopic (exact) mass is 398 g/mol. The zero-order valence-corrected chi connectivity index (χ0v) is 16.5. The van der Waals surface area contributed by atoms with Crippen molar-refractivity contribution in [3.63, 3.8) is 0 Å². The molecule has 0 bridgehead atoms. The number of aromatic nitrogens is 1. The van der Waals surface area contributed by atoms with Gasteiger partial charge in [0.25, 0.3) is 0 Å². The molecule has 3 aromatic rings. The summed E-state index contributed by atoms with van der Waals surface area (Å²) in [6.07, 6.45) is 1.23.